The number of para-hydroxylation sites is 2. The Bertz CT molecular complexity index is 1850. The molecule has 0 radical (unpaired) electrons. The number of piperidine rings is 1. The minimum absolute atomic E-state index is 0.0317. The molecule has 258 valence electrons. The molecule has 3 heterocycles. The van der Waals surface area contributed by atoms with Crippen molar-refractivity contribution < 1.29 is 27.1 Å². The molecule has 1 atom stereocenters. The Morgan fingerprint density at radius 1 is 1.08 bits per heavy atom. The second-order valence-electron chi connectivity index (χ2n) is 12.2. The number of ether oxygens (including phenoxy) is 1. The lowest BCUT2D eigenvalue weighted by atomic mass is 9.94. The standard InChI is InChI=1S/C34H37F4N9O2/c1-44(32(48)28-19-27(11-12-31(28)49-2)47-22-39-42-43-47)20-24(23-7-9-25(35)10-8-23)13-16-45-17-14-26(15-18-45)40-33-41-29-5-3-4-6-30(29)46(33)21-34(36,37)38/h3-12,19,22,24,26H,13-18,20-21H2,1-2H3,(H,40,41). The number of methoxy groups -OCH3 is 1. The SMILES string of the molecule is COc1ccc(-n2cnnn2)cc1C(=O)N(C)CC(CCN1CCC(Nc2nc3ccccc3n2CC(F)(F)F)CC1)c1ccc(F)cc1. The summed E-state index contributed by atoms with van der Waals surface area (Å²) in [5.74, 6) is -0.0447. The Morgan fingerprint density at radius 3 is 2.53 bits per heavy atom. The van der Waals surface area contributed by atoms with Crippen LogP contribution in [0.2, 0.25) is 0 Å². The number of rotatable bonds is 12. The summed E-state index contributed by atoms with van der Waals surface area (Å²) in [7, 11) is 3.23. The number of carbonyl (C=O) groups is 1. The largest absolute Gasteiger partial charge is 0.496 e. The molecule has 1 unspecified atom stereocenters. The Morgan fingerprint density at radius 2 is 1.84 bits per heavy atom. The van der Waals surface area contributed by atoms with Crippen molar-refractivity contribution in [2.24, 2.45) is 0 Å². The van der Waals surface area contributed by atoms with Gasteiger partial charge in [0.25, 0.3) is 5.91 Å². The molecule has 1 aliphatic heterocycles. The highest BCUT2D eigenvalue weighted by molar-refractivity contribution is 5.97. The number of likely N-dealkylation sites (N-methyl/N-ethyl adjacent to an activating group) is 1. The van der Waals surface area contributed by atoms with Crippen molar-refractivity contribution in [1.29, 1.82) is 0 Å². The number of hydrogen-bond acceptors (Lipinski definition) is 8. The lowest BCUT2D eigenvalue weighted by Gasteiger charge is -2.34. The third-order valence-corrected chi connectivity index (χ3v) is 8.92. The van der Waals surface area contributed by atoms with Gasteiger partial charge in [-0.3, -0.25) is 4.79 Å². The number of alkyl halides is 3. The van der Waals surface area contributed by atoms with E-state index in [0.29, 0.717) is 41.0 Å². The van der Waals surface area contributed by atoms with Gasteiger partial charge in [-0.1, -0.05) is 24.3 Å². The molecule has 2 aromatic heterocycles. The van der Waals surface area contributed by atoms with Crippen LogP contribution < -0.4 is 10.1 Å². The van der Waals surface area contributed by atoms with E-state index >= 15 is 0 Å². The van der Waals surface area contributed by atoms with Gasteiger partial charge >= 0.3 is 6.18 Å². The van der Waals surface area contributed by atoms with Crippen LogP contribution >= 0.6 is 0 Å². The Labute approximate surface area is 280 Å². The summed E-state index contributed by atoms with van der Waals surface area (Å²) in [6.45, 7) is 1.46. The predicted octanol–water partition coefficient (Wildman–Crippen LogP) is 5.54. The summed E-state index contributed by atoms with van der Waals surface area (Å²) in [4.78, 5) is 22.2. The smallest absolute Gasteiger partial charge is 0.406 e. The van der Waals surface area contributed by atoms with E-state index in [1.165, 1.54) is 34.8 Å². The highest BCUT2D eigenvalue weighted by atomic mass is 19.4. The molecule has 0 spiro atoms. The van der Waals surface area contributed by atoms with E-state index in [2.05, 4.69) is 30.7 Å². The van der Waals surface area contributed by atoms with E-state index in [0.717, 1.165) is 38.0 Å². The minimum Gasteiger partial charge on any atom is -0.496 e. The summed E-state index contributed by atoms with van der Waals surface area (Å²) in [5.41, 5.74) is 2.83. The van der Waals surface area contributed by atoms with E-state index in [4.69, 9.17) is 4.74 Å². The summed E-state index contributed by atoms with van der Waals surface area (Å²) in [6.07, 6.45) is -0.786. The van der Waals surface area contributed by atoms with Crippen molar-refractivity contribution in [3.63, 3.8) is 0 Å². The molecule has 0 bridgehead atoms. The van der Waals surface area contributed by atoms with E-state index in [-0.39, 0.29) is 29.6 Å². The Kier molecular flexibility index (Phi) is 10.1. The van der Waals surface area contributed by atoms with Crippen molar-refractivity contribution in [2.75, 3.05) is 45.7 Å². The van der Waals surface area contributed by atoms with Gasteiger partial charge in [-0.25, -0.2) is 14.1 Å². The average Bonchev–Trinajstić information content (AvgIpc) is 3.75. The first-order valence-corrected chi connectivity index (χ1v) is 16.0. The van der Waals surface area contributed by atoms with Crippen molar-refractivity contribution in [3.05, 3.63) is 90.0 Å². The Balaban J connectivity index is 1.10. The van der Waals surface area contributed by atoms with Gasteiger partial charge in [0, 0.05) is 38.6 Å². The van der Waals surface area contributed by atoms with Crippen LogP contribution in [0.15, 0.2) is 73.1 Å². The maximum absolute atomic E-state index is 13.9. The Hall–Kier alpha value is -5.05. The zero-order chi connectivity index (χ0) is 34.5. The summed E-state index contributed by atoms with van der Waals surface area (Å²) in [6, 6.07) is 18.3. The first-order valence-electron chi connectivity index (χ1n) is 16.0. The van der Waals surface area contributed by atoms with Gasteiger partial charge in [0.2, 0.25) is 5.95 Å². The first kappa shape index (κ1) is 33.8. The predicted molar refractivity (Wildman–Crippen MR) is 175 cm³/mol. The second kappa shape index (κ2) is 14.6. The maximum Gasteiger partial charge on any atom is 0.406 e. The molecular formula is C34H37F4N9O2. The van der Waals surface area contributed by atoms with E-state index in [1.807, 2.05) is 0 Å². The zero-order valence-electron chi connectivity index (χ0n) is 27.1. The molecule has 1 aliphatic rings. The van der Waals surface area contributed by atoms with Crippen LogP contribution in [-0.2, 0) is 6.54 Å². The number of nitrogens with zero attached hydrogens (tertiary/aromatic N) is 8. The highest BCUT2D eigenvalue weighted by Gasteiger charge is 2.31. The second-order valence-corrected chi connectivity index (χ2v) is 12.2. The fourth-order valence-electron chi connectivity index (χ4n) is 6.35. The molecule has 3 aromatic carbocycles. The fraction of sp³-hybridized carbons (Fsp3) is 0.382. The maximum atomic E-state index is 13.9. The number of tetrazole rings is 1. The number of aromatic nitrogens is 6. The number of anilines is 1. The summed E-state index contributed by atoms with van der Waals surface area (Å²) >= 11 is 0. The van der Waals surface area contributed by atoms with Gasteiger partial charge in [0.1, 0.15) is 24.4 Å². The highest BCUT2D eigenvalue weighted by Crippen LogP contribution is 2.29. The number of carbonyl (C=O) groups excluding carboxylic acids is 1. The van der Waals surface area contributed by atoms with E-state index in [1.54, 1.807) is 66.5 Å². The van der Waals surface area contributed by atoms with Gasteiger partial charge in [0.05, 0.1) is 29.4 Å². The van der Waals surface area contributed by atoms with E-state index in [9.17, 15) is 22.4 Å². The van der Waals surface area contributed by atoms with Crippen molar-refractivity contribution in [2.45, 2.75) is 43.9 Å². The van der Waals surface area contributed by atoms with Gasteiger partial charge in [-0.05, 0) is 84.3 Å². The molecule has 5 aromatic rings. The zero-order valence-corrected chi connectivity index (χ0v) is 27.1. The molecule has 6 rings (SSSR count). The molecule has 1 saturated heterocycles. The third kappa shape index (κ3) is 8.16. The molecule has 1 amide bonds. The molecule has 0 aliphatic carbocycles. The van der Waals surface area contributed by atoms with Gasteiger partial charge in [-0.2, -0.15) is 13.2 Å². The van der Waals surface area contributed by atoms with Crippen LogP contribution in [0.4, 0.5) is 23.5 Å². The van der Waals surface area contributed by atoms with Crippen LogP contribution in [0, 0.1) is 5.82 Å². The molecule has 15 heteroatoms. The van der Waals surface area contributed by atoms with Gasteiger partial charge < -0.3 is 24.4 Å². The number of amides is 1. The fourth-order valence-corrected chi connectivity index (χ4v) is 6.35. The summed E-state index contributed by atoms with van der Waals surface area (Å²) in [5, 5.41) is 14.5. The monoisotopic (exact) mass is 679 g/mol. The number of nitrogens with one attached hydrogen (secondary N) is 1. The number of likely N-dealkylation sites (tertiary alicyclic amines) is 1. The van der Waals surface area contributed by atoms with Crippen LogP contribution in [0.3, 0.4) is 0 Å². The molecule has 0 saturated carbocycles. The van der Waals surface area contributed by atoms with Crippen molar-refractivity contribution in [3.8, 4) is 11.4 Å². The minimum atomic E-state index is -4.38. The number of fused-ring (bicyclic) bond motifs is 1. The van der Waals surface area contributed by atoms with Crippen LogP contribution in [0.25, 0.3) is 16.7 Å². The summed E-state index contributed by atoms with van der Waals surface area (Å²) < 4.78 is 62.3. The molecule has 1 fully saturated rings. The third-order valence-electron chi connectivity index (χ3n) is 8.92. The number of hydrogen-bond donors (Lipinski definition) is 1. The molecule has 49 heavy (non-hydrogen) atoms. The molecule has 11 nitrogen and oxygen atoms in total. The normalized spacial score (nSPS) is 15.0. The van der Waals surface area contributed by atoms with Gasteiger partial charge in [0.15, 0.2) is 0 Å². The van der Waals surface area contributed by atoms with E-state index < -0.39 is 12.7 Å². The quantitative estimate of drug-likeness (QED) is 0.171. The van der Waals surface area contributed by atoms with Crippen LogP contribution in [0.5, 0.6) is 5.75 Å². The van der Waals surface area contributed by atoms with Crippen LogP contribution in [-0.4, -0.2) is 98.0 Å². The number of halogens is 4. The number of benzene rings is 3. The average molecular weight is 680 g/mol. The van der Waals surface area contributed by atoms with Crippen LogP contribution in [0.1, 0.15) is 41.1 Å². The van der Waals surface area contributed by atoms with Crippen molar-refractivity contribution in [1.82, 2.24) is 39.6 Å². The number of imidazole rings is 1. The molecular weight excluding hydrogens is 642 g/mol. The van der Waals surface area contributed by atoms with Gasteiger partial charge in [-0.15, -0.1) is 5.10 Å². The topological polar surface area (TPSA) is 106 Å². The molecule has 1 N–H and O–H groups in total. The lowest BCUT2D eigenvalue weighted by Crippen LogP contribution is -2.41. The first-order chi connectivity index (χ1) is 23.6. The lowest BCUT2D eigenvalue weighted by molar-refractivity contribution is -0.139. The van der Waals surface area contributed by atoms with Crippen molar-refractivity contribution >= 4 is 22.9 Å².